The summed E-state index contributed by atoms with van der Waals surface area (Å²) in [6.07, 6.45) is 4.98. The van der Waals surface area contributed by atoms with E-state index in [-0.39, 0.29) is 23.2 Å². The van der Waals surface area contributed by atoms with Crippen molar-refractivity contribution in [2.24, 2.45) is 0 Å². The van der Waals surface area contributed by atoms with E-state index >= 15 is 0 Å². The standard InChI is InChI=1S/C26H40N2O3Si/c1-24(2,3)31-23(29)28-18-13-14-19(28)16-26(30,15-18)21-17-27(32(7,8)25(4,5)6)22-12-10-9-11-20(21)22/h9-12,17-19,30H,13-16H2,1-8H3/t18-,19+,26?. The Bertz CT molecular complexity index is 1010. The van der Waals surface area contributed by atoms with Crippen LogP contribution >= 0.6 is 0 Å². The number of fused-ring (bicyclic) bond motifs is 3. The number of ether oxygens (including phenoxy) is 1. The van der Waals surface area contributed by atoms with Crippen LogP contribution in [0.2, 0.25) is 18.1 Å². The molecule has 6 heteroatoms. The molecule has 0 aliphatic carbocycles. The van der Waals surface area contributed by atoms with Crippen LogP contribution in [-0.2, 0) is 10.3 Å². The second kappa shape index (κ2) is 7.36. The van der Waals surface area contributed by atoms with Gasteiger partial charge in [0.2, 0.25) is 0 Å². The van der Waals surface area contributed by atoms with Crippen LogP contribution in [0, 0.1) is 0 Å². The molecule has 0 spiro atoms. The Hall–Kier alpha value is -1.79. The molecule has 2 bridgehead atoms. The maximum atomic E-state index is 12.9. The molecule has 176 valence electrons. The monoisotopic (exact) mass is 456 g/mol. The van der Waals surface area contributed by atoms with Crippen LogP contribution in [-0.4, -0.2) is 46.3 Å². The van der Waals surface area contributed by atoms with E-state index in [0.29, 0.717) is 12.8 Å². The van der Waals surface area contributed by atoms with Gasteiger partial charge < -0.3 is 19.0 Å². The van der Waals surface area contributed by atoms with Crippen LogP contribution in [0.3, 0.4) is 0 Å². The SMILES string of the molecule is CC(C)(C)OC(=O)N1[C@@H]2CC[C@H]1CC(O)(c1cn([Si](C)(C)C(C)(C)C)c3ccccc13)C2. The minimum absolute atomic E-state index is 0.0172. The van der Waals surface area contributed by atoms with Gasteiger partial charge in [0.15, 0.2) is 8.24 Å². The van der Waals surface area contributed by atoms with Gasteiger partial charge in [0.05, 0.1) is 5.60 Å². The van der Waals surface area contributed by atoms with Gasteiger partial charge in [-0.2, -0.15) is 0 Å². The minimum atomic E-state index is -1.88. The minimum Gasteiger partial charge on any atom is -0.444 e. The van der Waals surface area contributed by atoms with Crippen molar-refractivity contribution >= 4 is 25.2 Å². The number of aliphatic hydroxyl groups is 1. The number of amides is 1. The van der Waals surface area contributed by atoms with Crippen molar-refractivity contribution in [2.75, 3.05) is 0 Å². The molecule has 0 radical (unpaired) electrons. The number of aromatic nitrogens is 1. The molecule has 0 saturated carbocycles. The quantitative estimate of drug-likeness (QED) is 0.544. The molecule has 32 heavy (non-hydrogen) atoms. The van der Waals surface area contributed by atoms with Crippen molar-refractivity contribution in [1.29, 1.82) is 0 Å². The lowest BCUT2D eigenvalue weighted by atomic mass is 9.80. The molecule has 2 saturated heterocycles. The molecule has 1 N–H and O–H groups in total. The zero-order valence-corrected chi connectivity index (χ0v) is 22.0. The number of nitrogens with zero attached hydrogens (tertiary/aromatic N) is 2. The number of para-hydroxylation sites is 1. The molecule has 1 unspecified atom stereocenters. The van der Waals surface area contributed by atoms with Gasteiger partial charge in [0.1, 0.15) is 5.60 Å². The van der Waals surface area contributed by atoms with Crippen LogP contribution < -0.4 is 0 Å². The second-order valence-electron chi connectivity index (χ2n) is 12.5. The Morgan fingerprint density at radius 1 is 1.06 bits per heavy atom. The Balaban J connectivity index is 1.73. The number of piperidine rings is 1. The van der Waals surface area contributed by atoms with Gasteiger partial charge >= 0.3 is 6.09 Å². The van der Waals surface area contributed by atoms with Gasteiger partial charge in [-0.3, -0.25) is 0 Å². The molecule has 3 heterocycles. The number of carbonyl (C=O) groups excluding carboxylic acids is 1. The number of benzene rings is 1. The van der Waals surface area contributed by atoms with Gasteiger partial charge in [-0.1, -0.05) is 52.1 Å². The van der Waals surface area contributed by atoms with Gasteiger partial charge in [-0.15, -0.1) is 0 Å². The van der Waals surface area contributed by atoms with Crippen molar-refractivity contribution in [3.8, 4) is 0 Å². The molecule has 4 rings (SSSR count). The largest absolute Gasteiger partial charge is 0.444 e. The van der Waals surface area contributed by atoms with Gasteiger partial charge in [0, 0.05) is 47.6 Å². The predicted octanol–water partition coefficient (Wildman–Crippen LogP) is 6.24. The number of hydrogen-bond acceptors (Lipinski definition) is 3. The summed E-state index contributed by atoms with van der Waals surface area (Å²) in [4.78, 5) is 14.8. The third-order valence-electron chi connectivity index (χ3n) is 8.02. The second-order valence-corrected chi connectivity index (χ2v) is 17.6. The third kappa shape index (κ3) is 3.79. The molecule has 3 atom stereocenters. The average Bonchev–Trinajstić information content (AvgIpc) is 3.17. The summed E-state index contributed by atoms with van der Waals surface area (Å²) in [5.74, 6) is 0. The third-order valence-corrected chi connectivity index (χ3v) is 13.3. The van der Waals surface area contributed by atoms with E-state index in [1.54, 1.807) is 0 Å². The Morgan fingerprint density at radius 3 is 2.16 bits per heavy atom. The molecule has 5 nitrogen and oxygen atoms in total. The first-order valence-corrected chi connectivity index (χ1v) is 14.9. The Kier molecular flexibility index (Phi) is 5.37. The van der Waals surface area contributed by atoms with E-state index in [1.165, 1.54) is 5.52 Å². The zero-order valence-electron chi connectivity index (χ0n) is 21.0. The molecule has 1 amide bonds. The summed E-state index contributed by atoms with van der Waals surface area (Å²) in [5, 5.41) is 13.4. The average molecular weight is 457 g/mol. The van der Waals surface area contributed by atoms with Crippen molar-refractivity contribution in [1.82, 2.24) is 9.13 Å². The van der Waals surface area contributed by atoms with Gasteiger partial charge in [0.25, 0.3) is 0 Å². The maximum absolute atomic E-state index is 12.9. The Morgan fingerprint density at radius 2 is 1.62 bits per heavy atom. The van der Waals surface area contributed by atoms with Gasteiger partial charge in [-0.05, 0) is 44.7 Å². The summed E-state index contributed by atoms with van der Waals surface area (Å²) in [5.41, 5.74) is 0.793. The topological polar surface area (TPSA) is 54.7 Å². The van der Waals surface area contributed by atoms with E-state index < -0.39 is 19.4 Å². The van der Waals surface area contributed by atoms with Gasteiger partial charge in [-0.25, -0.2) is 4.79 Å². The highest BCUT2D eigenvalue weighted by Crippen LogP contribution is 2.49. The normalized spacial score (nSPS) is 26.6. The fourth-order valence-corrected chi connectivity index (χ4v) is 7.40. The zero-order chi connectivity index (χ0) is 23.7. The van der Waals surface area contributed by atoms with Crippen molar-refractivity contribution in [3.63, 3.8) is 0 Å². The van der Waals surface area contributed by atoms with Crippen LogP contribution in [0.4, 0.5) is 4.79 Å². The number of hydrogen-bond donors (Lipinski definition) is 1. The Labute approximate surface area is 193 Å². The van der Waals surface area contributed by atoms with Crippen LogP contribution in [0.1, 0.15) is 72.8 Å². The summed E-state index contributed by atoms with van der Waals surface area (Å²) in [6, 6.07) is 8.53. The first-order valence-electron chi connectivity index (χ1n) is 12.0. The summed E-state index contributed by atoms with van der Waals surface area (Å²) in [7, 11) is -1.88. The van der Waals surface area contributed by atoms with Crippen molar-refractivity contribution < 1.29 is 14.6 Å². The lowest BCUT2D eigenvalue weighted by molar-refractivity contribution is -0.0616. The van der Waals surface area contributed by atoms with Crippen molar-refractivity contribution in [3.05, 3.63) is 36.0 Å². The highest BCUT2D eigenvalue weighted by molar-refractivity contribution is 6.79. The highest BCUT2D eigenvalue weighted by Gasteiger charge is 2.52. The highest BCUT2D eigenvalue weighted by atomic mass is 28.3. The van der Waals surface area contributed by atoms with E-state index in [1.807, 2.05) is 25.7 Å². The fourth-order valence-electron chi connectivity index (χ4n) is 5.43. The first-order chi connectivity index (χ1) is 14.6. The molecular formula is C26H40N2O3Si. The van der Waals surface area contributed by atoms with Crippen LogP contribution in [0.5, 0.6) is 0 Å². The van der Waals surface area contributed by atoms with E-state index in [4.69, 9.17) is 4.74 Å². The van der Waals surface area contributed by atoms with E-state index in [2.05, 4.69) is 68.6 Å². The van der Waals surface area contributed by atoms with Crippen LogP contribution in [0.25, 0.3) is 10.9 Å². The molecule has 2 aliphatic heterocycles. The summed E-state index contributed by atoms with van der Waals surface area (Å²) in [6.45, 7) is 17.5. The lowest BCUT2D eigenvalue weighted by Gasteiger charge is -2.44. The number of rotatable bonds is 2. The molecular weight excluding hydrogens is 416 g/mol. The molecule has 1 aromatic heterocycles. The lowest BCUT2D eigenvalue weighted by Crippen LogP contribution is -2.53. The van der Waals surface area contributed by atoms with E-state index in [9.17, 15) is 9.90 Å². The molecule has 2 aromatic rings. The first kappa shape index (κ1) is 23.4. The predicted molar refractivity (Wildman–Crippen MR) is 133 cm³/mol. The molecule has 2 aliphatic rings. The summed E-state index contributed by atoms with van der Waals surface area (Å²) >= 11 is 0. The molecule has 1 aromatic carbocycles. The maximum Gasteiger partial charge on any atom is 0.410 e. The van der Waals surface area contributed by atoms with Crippen LogP contribution in [0.15, 0.2) is 30.5 Å². The fraction of sp³-hybridized carbons (Fsp3) is 0.654. The number of carbonyl (C=O) groups is 1. The van der Waals surface area contributed by atoms with E-state index in [0.717, 1.165) is 23.8 Å². The summed E-state index contributed by atoms with van der Waals surface area (Å²) < 4.78 is 8.18. The van der Waals surface area contributed by atoms with Crippen molar-refractivity contribution in [2.45, 2.75) is 109 Å². The smallest absolute Gasteiger partial charge is 0.410 e. The molecule has 2 fully saturated rings.